The highest BCUT2D eigenvalue weighted by Gasteiger charge is 2.68. The summed E-state index contributed by atoms with van der Waals surface area (Å²) in [7, 11) is -4.34. The second-order valence-electron chi connectivity index (χ2n) is 10.7. The van der Waals surface area contributed by atoms with Crippen LogP contribution in [0.1, 0.15) is 52.4 Å². The summed E-state index contributed by atoms with van der Waals surface area (Å²) in [6.07, 6.45) is 6.14. The van der Waals surface area contributed by atoms with Crippen LogP contribution in [0.5, 0.6) is 0 Å². The third-order valence-electron chi connectivity index (χ3n) is 9.04. The molecule has 10 heteroatoms. The smallest absolute Gasteiger partial charge is 0.307 e. The van der Waals surface area contributed by atoms with Gasteiger partial charge >= 0.3 is 5.97 Å². The lowest BCUT2D eigenvalue weighted by atomic mass is 9.46. The van der Waals surface area contributed by atoms with Crippen molar-refractivity contribution in [2.45, 2.75) is 64.1 Å². The Morgan fingerprint density at radius 1 is 1.24 bits per heavy atom. The molecule has 9 nitrogen and oxygen atoms in total. The number of ketones is 2. The van der Waals surface area contributed by atoms with Crippen molar-refractivity contribution >= 4 is 27.7 Å². The van der Waals surface area contributed by atoms with Crippen molar-refractivity contribution in [2.75, 3.05) is 12.4 Å². The number of aliphatic hydroxyl groups excluding tert-OH is 1. The first kappa shape index (κ1) is 25.2. The Hall–Kier alpha value is -1.88. The van der Waals surface area contributed by atoms with E-state index >= 15 is 0 Å². The predicted molar refractivity (Wildman–Crippen MR) is 120 cm³/mol. The van der Waals surface area contributed by atoms with E-state index in [4.69, 9.17) is 9.29 Å². The van der Waals surface area contributed by atoms with Crippen LogP contribution in [-0.4, -0.2) is 64.8 Å². The number of rotatable bonds is 6. The van der Waals surface area contributed by atoms with Gasteiger partial charge in [-0.15, -0.1) is 0 Å². The minimum absolute atomic E-state index is 0.0329. The van der Waals surface area contributed by atoms with Gasteiger partial charge < -0.3 is 14.9 Å². The molecule has 4 rings (SSSR count). The van der Waals surface area contributed by atoms with Crippen molar-refractivity contribution in [1.29, 1.82) is 0 Å². The fourth-order valence-corrected chi connectivity index (χ4v) is 7.76. The molecule has 4 unspecified atom stereocenters. The van der Waals surface area contributed by atoms with Crippen LogP contribution in [0.3, 0.4) is 0 Å². The molecule has 0 radical (unpaired) electrons. The van der Waals surface area contributed by atoms with Gasteiger partial charge in [0.15, 0.2) is 12.4 Å². The monoisotopic (exact) mass is 496 g/mol. The Kier molecular flexibility index (Phi) is 6.20. The number of carbonyl (C=O) groups is 3. The van der Waals surface area contributed by atoms with Crippen LogP contribution in [-0.2, 0) is 29.2 Å². The molecule has 4 aliphatic carbocycles. The van der Waals surface area contributed by atoms with Crippen molar-refractivity contribution in [1.82, 2.24) is 0 Å². The number of fused-ring (bicyclic) bond motifs is 5. The maximum atomic E-state index is 13.1. The zero-order chi connectivity index (χ0) is 25.1. The summed E-state index contributed by atoms with van der Waals surface area (Å²) < 4.78 is 35.2. The number of hydrogen-bond acceptors (Lipinski definition) is 8. The number of allylic oxidation sites excluding steroid dienone is 4. The van der Waals surface area contributed by atoms with E-state index in [-0.39, 0.29) is 36.4 Å². The number of Topliss-reactive ketones (excluding diaryl/α,β-unsaturated/α-hetero) is 1. The average molecular weight is 497 g/mol. The highest BCUT2D eigenvalue weighted by atomic mass is 32.2. The molecule has 34 heavy (non-hydrogen) atoms. The van der Waals surface area contributed by atoms with Crippen LogP contribution in [0, 0.1) is 28.6 Å². The lowest BCUT2D eigenvalue weighted by Crippen LogP contribution is -2.61. The van der Waals surface area contributed by atoms with Crippen LogP contribution >= 0.6 is 0 Å². The van der Waals surface area contributed by atoms with E-state index in [0.717, 1.165) is 12.0 Å². The van der Waals surface area contributed by atoms with Crippen molar-refractivity contribution in [3.8, 4) is 0 Å². The molecule has 0 spiro atoms. The Balaban J connectivity index is 1.52. The van der Waals surface area contributed by atoms with E-state index in [1.807, 2.05) is 19.9 Å². The molecule has 0 aliphatic heterocycles. The van der Waals surface area contributed by atoms with Gasteiger partial charge in [-0.2, -0.15) is 8.42 Å². The summed E-state index contributed by atoms with van der Waals surface area (Å²) in [5.41, 5.74) is -2.14. The topological polar surface area (TPSA) is 155 Å². The zero-order valence-electron chi connectivity index (χ0n) is 19.4. The predicted octanol–water partition coefficient (Wildman–Crippen LogP) is 1.39. The molecule has 3 saturated carbocycles. The Morgan fingerprint density at radius 2 is 1.94 bits per heavy atom. The van der Waals surface area contributed by atoms with Crippen molar-refractivity contribution in [3.63, 3.8) is 0 Å². The minimum atomic E-state index is -4.34. The fraction of sp³-hybridized carbons (Fsp3) is 0.708. The van der Waals surface area contributed by atoms with Crippen LogP contribution in [0.4, 0.5) is 0 Å². The second-order valence-corrected chi connectivity index (χ2v) is 12.3. The quantitative estimate of drug-likeness (QED) is 0.365. The third-order valence-corrected chi connectivity index (χ3v) is 9.76. The van der Waals surface area contributed by atoms with Gasteiger partial charge in [-0.05, 0) is 56.1 Å². The van der Waals surface area contributed by atoms with Crippen LogP contribution in [0.15, 0.2) is 23.8 Å². The largest absolute Gasteiger partial charge is 0.458 e. The summed E-state index contributed by atoms with van der Waals surface area (Å²) in [6.45, 7) is 3.15. The molecule has 0 bridgehead atoms. The Labute approximate surface area is 199 Å². The molecule has 4 aliphatic rings. The number of carbonyl (C=O) groups excluding carboxylic acids is 3. The molecule has 0 saturated heterocycles. The number of aliphatic hydroxyl groups is 2. The molecular weight excluding hydrogens is 464 g/mol. The Bertz CT molecular complexity index is 1080. The van der Waals surface area contributed by atoms with Gasteiger partial charge in [0.25, 0.3) is 10.1 Å². The van der Waals surface area contributed by atoms with Gasteiger partial charge in [-0.1, -0.05) is 25.5 Å². The molecule has 3 fully saturated rings. The first-order chi connectivity index (χ1) is 15.7. The standard InChI is InChI=1S/C24H32O9S/c1-22-8-5-15(25)11-14(22)3-4-16-17-6-9-24(29,23(17,2)12-18(26)21(16)22)19(27)13-33-20(28)7-10-34(30,31)32/h5,8,11,16-18,21,26,29H,3-4,6-7,9-10,12-13H2,1-2H3,(H,30,31,32)/t16?,17?,18?,21?,22-,23-,24-/m0/s1. The number of esters is 1. The fourth-order valence-electron chi connectivity index (χ4n) is 7.34. The van der Waals surface area contributed by atoms with E-state index in [1.165, 1.54) is 0 Å². The average Bonchev–Trinajstić information content (AvgIpc) is 3.01. The van der Waals surface area contributed by atoms with E-state index < -0.39 is 63.2 Å². The van der Waals surface area contributed by atoms with Crippen LogP contribution < -0.4 is 0 Å². The molecule has 7 atom stereocenters. The van der Waals surface area contributed by atoms with Gasteiger partial charge in [-0.25, -0.2) is 0 Å². The SMILES string of the molecule is C[C@]12C=CC(=O)C=C1CCC1C2C(O)C[C@@]2(C)C1CC[C@]2(O)C(=O)COC(=O)CCS(=O)(=O)O. The third kappa shape index (κ3) is 3.98. The summed E-state index contributed by atoms with van der Waals surface area (Å²) >= 11 is 0. The van der Waals surface area contributed by atoms with E-state index in [2.05, 4.69) is 0 Å². The molecule has 0 aromatic heterocycles. The summed E-state index contributed by atoms with van der Waals surface area (Å²) in [5.74, 6) is -2.61. The van der Waals surface area contributed by atoms with Gasteiger partial charge in [0, 0.05) is 16.7 Å². The summed E-state index contributed by atoms with van der Waals surface area (Å²) in [6, 6.07) is 0. The van der Waals surface area contributed by atoms with Gasteiger partial charge in [0.1, 0.15) is 5.60 Å². The Morgan fingerprint density at radius 3 is 2.62 bits per heavy atom. The lowest BCUT2D eigenvalue weighted by Gasteiger charge is -2.59. The van der Waals surface area contributed by atoms with Crippen molar-refractivity contribution in [2.24, 2.45) is 28.6 Å². The van der Waals surface area contributed by atoms with Gasteiger partial charge in [0.2, 0.25) is 5.78 Å². The summed E-state index contributed by atoms with van der Waals surface area (Å²) in [5, 5.41) is 22.9. The van der Waals surface area contributed by atoms with Crippen LogP contribution in [0.2, 0.25) is 0 Å². The maximum absolute atomic E-state index is 13.1. The normalized spacial score (nSPS) is 41.2. The van der Waals surface area contributed by atoms with Gasteiger partial charge in [-0.3, -0.25) is 18.9 Å². The van der Waals surface area contributed by atoms with Crippen molar-refractivity contribution in [3.05, 3.63) is 23.8 Å². The van der Waals surface area contributed by atoms with Crippen molar-refractivity contribution < 1.29 is 42.3 Å². The molecule has 0 aromatic carbocycles. The second kappa shape index (κ2) is 8.36. The first-order valence-electron chi connectivity index (χ1n) is 11.7. The zero-order valence-corrected chi connectivity index (χ0v) is 20.2. The van der Waals surface area contributed by atoms with E-state index in [0.29, 0.717) is 12.8 Å². The molecule has 0 amide bonds. The molecule has 188 valence electrons. The lowest BCUT2D eigenvalue weighted by molar-refractivity contribution is -0.181. The molecular formula is C24H32O9S. The minimum Gasteiger partial charge on any atom is -0.458 e. The molecule has 0 aromatic rings. The van der Waals surface area contributed by atoms with E-state index in [1.54, 1.807) is 12.2 Å². The van der Waals surface area contributed by atoms with Crippen LogP contribution in [0.25, 0.3) is 0 Å². The summed E-state index contributed by atoms with van der Waals surface area (Å²) in [4.78, 5) is 36.8. The molecule has 0 heterocycles. The maximum Gasteiger partial charge on any atom is 0.307 e. The number of hydrogen-bond donors (Lipinski definition) is 3. The number of ether oxygens (including phenoxy) is 1. The first-order valence-corrected chi connectivity index (χ1v) is 13.3. The highest BCUT2D eigenvalue weighted by molar-refractivity contribution is 7.85. The van der Waals surface area contributed by atoms with Gasteiger partial charge in [0.05, 0.1) is 18.3 Å². The highest BCUT2D eigenvalue weighted by Crippen LogP contribution is 2.67. The van der Waals surface area contributed by atoms with E-state index in [9.17, 15) is 33.0 Å². The molecule has 3 N–H and O–H groups in total.